The van der Waals surface area contributed by atoms with Crippen LogP contribution in [-0.4, -0.2) is 19.1 Å². The van der Waals surface area contributed by atoms with Gasteiger partial charge in [0.1, 0.15) is 23.1 Å². The van der Waals surface area contributed by atoms with E-state index in [1.807, 2.05) is 0 Å². The molecule has 4 aromatic heterocycles. The lowest BCUT2D eigenvalue weighted by Crippen LogP contribution is -1.94. The first-order valence-electron chi connectivity index (χ1n) is 21.3. The van der Waals surface area contributed by atoms with Gasteiger partial charge >= 0.3 is 0 Å². The van der Waals surface area contributed by atoms with Crippen LogP contribution >= 0.6 is 0 Å². The highest BCUT2D eigenvalue weighted by molar-refractivity contribution is 6.11. The van der Waals surface area contributed by atoms with Gasteiger partial charge in [0.25, 0.3) is 0 Å². The van der Waals surface area contributed by atoms with E-state index < -0.39 is 0 Å². The Morgan fingerprint density at radius 3 is 1.24 bits per heavy atom. The van der Waals surface area contributed by atoms with E-state index in [1.54, 1.807) is 6.33 Å². The molecule has 0 radical (unpaired) electrons. The van der Waals surface area contributed by atoms with Gasteiger partial charge in [-0.2, -0.15) is 0 Å². The fourth-order valence-corrected chi connectivity index (χ4v) is 9.74. The molecule has 4 heterocycles. The van der Waals surface area contributed by atoms with Crippen LogP contribution in [0, 0.1) is 0 Å². The highest BCUT2D eigenvalue weighted by Crippen LogP contribution is 2.39. The van der Waals surface area contributed by atoms with Gasteiger partial charge in [0.15, 0.2) is 5.58 Å². The molecule has 0 atom stereocenters. The van der Waals surface area contributed by atoms with Crippen LogP contribution in [0.25, 0.3) is 122 Å². The molecule has 0 aliphatic carbocycles. The number of hydrogen-bond donors (Lipinski definition) is 0. The van der Waals surface area contributed by atoms with E-state index in [0.29, 0.717) is 5.58 Å². The van der Waals surface area contributed by atoms with Crippen molar-refractivity contribution in [3.63, 3.8) is 0 Å². The molecule has 63 heavy (non-hydrogen) atoms. The quantitative estimate of drug-likeness (QED) is 0.168. The van der Waals surface area contributed by atoms with Gasteiger partial charge in [0.05, 0.1) is 22.1 Å². The third-order valence-corrected chi connectivity index (χ3v) is 12.6. The fraction of sp³-hybridized carbons (Fsp3) is 0. The molecule has 0 aliphatic heterocycles. The summed E-state index contributed by atoms with van der Waals surface area (Å²) in [5, 5.41) is 5.96. The molecule has 13 rings (SSSR count). The summed E-state index contributed by atoms with van der Waals surface area (Å²) < 4.78 is 11.3. The van der Waals surface area contributed by atoms with Gasteiger partial charge in [-0.3, -0.25) is 0 Å². The van der Waals surface area contributed by atoms with E-state index in [2.05, 4.69) is 221 Å². The van der Waals surface area contributed by atoms with Crippen molar-refractivity contribution >= 4 is 65.7 Å². The number of hydrogen-bond acceptors (Lipinski definition) is 3. The molecular formula is C58H36N4O. The first-order valence-corrected chi connectivity index (χ1v) is 21.3. The van der Waals surface area contributed by atoms with Crippen molar-refractivity contribution < 1.29 is 4.42 Å². The van der Waals surface area contributed by atoms with Crippen molar-refractivity contribution in [1.82, 2.24) is 19.1 Å². The minimum atomic E-state index is 0.677. The Kier molecular flexibility index (Phi) is 7.84. The maximum atomic E-state index is 6.60. The van der Waals surface area contributed by atoms with Gasteiger partial charge in [-0.05, 0) is 106 Å². The van der Waals surface area contributed by atoms with Crippen LogP contribution in [0.2, 0.25) is 0 Å². The van der Waals surface area contributed by atoms with Gasteiger partial charge in [-0.15, -0.1) is 0 Å². The summed E-state index contributed by atoms with van der Waals surface area (Å²) in [5.74, 6) is 0. The van der Waals surface area contributed by atoms with Crippen molar-refractivity contribution in [3.8, 4) is 56.0 Å². The summed E-state index contributed by atoms with van der Waals surface area (Å²) in [4.78, 5) is 9.60. The Balaban J connectivity index is 0.852. The van der Waals surface area contributed by atoms with Crippen LogP contribution < -0.4 is 0 Å². The molecule has 13 aromatic rings. The first-order chi connectivity index (χ1) is 31.2. The second-order valence-corrected chi connectivity index (χ2v) is 16.2. The van der Waals surface area contributed by atoms with Crippen molar-refractivity contribution in [2.75, 3.05) is 0 Å². The van der Waals surface area contributed by atoms with Gasteiger partial charge in [-0.1, -0.05) is 140 Å². The summed E-state index contributed by atoms with van der Waals surface area (Å²) in [6.07, 6.45) is 1.65. The monoisotopic (exact) mass is 804 g/mol. The summed E-state index contributed by atoms with van der Waals surface area (Å²) in [7, 11) is 0. The number of aromatic nitrogens is 4. The van der Waals surface area contributed by atoms with Gasteiger partial charge in [0, 0.05) is 43.9 Å². The first kappa shape index (κ1) is 35.2. The SMILES string of the molecule is c1cc(-c2cccc(-n3c4ccccc4c4ccccc43)c2)cc(-c2ccc3oc4c(-c5cccc(-c6cccc(-n7c8ccccc8c8ccccc87)c6)c5)ncnc4c3c2)c1. The molecule has 5 nitrogen and oxygen atoms in total. The average Bonchev–Trinajstić information content (AvgIpc) is 4.02. The number of benzene rings is 9. The lowest BCUT2D eigenvalue weighted by atomic mass is 9.98. The van der Waals surface area contributed by atoms with Crippen LogP contribution in [0.3, 0.4) is 0 Å². The predicted molar refractivity (Wildman–Crippen MR) is 260 cm³/mol. The number of rotatable bonds is 6. The summed E-state index contributed by atoms with van der Waals surface area (Å²) in [6.45, 7) is 0. The Morgan fingerprint density at radius 2 is 0.730 bits per heavy atom. The van der Waals surface area contributed by atoms with Crippen molar-refractivity contribution in [1.29, 1.82) is 0 Å². The second kappa shape index (κ2) is 14.0. The largest absolute Gasteiger partial charge is 0.452 e. The molecule has 0 saturated carbocycles. The fourth-order valence-electron chi connectivity index (χ4n) is 9.74. The molecule has 5 heteroatoms. The lowest BCUT2D eigenvalue weighted by Gasteiger charge is -2.11. The van der Waals surface area contributed by atoms with E-state index in [-0.39, 0.29) is 0 Å². The van der Waals surface area contributed by atoms with Crippen LogP contribution in [0.15, 0.2) is 223 Å². The Bertz CT molecular complexity index is 3840. The predicted octanol–water partition coefficient (Wildman–Crippen LogP) is 15.2. The molecule has 9 aromatic carbocycles. The smallest absolute Gasteiger partial charge is 0.180 e. The van der Waals surface area contributed by atoms with E-state index in [1.165, 1.54) is 43.6 Å². The minimum Gasteiger partial charge on any atom is -0.452 e. The summed E-state index contributed by atoms with van der Waals surface area (Å²) in [5.41, 5.74) is 17.8. The van der Waals surface area contributed by atoms with Crippen LogP contribution in [0.1, 0.15) is 0 Å². The molecule has 0 unspecified atom stereocenters. The minimum absolute atomic E-state index is 0.677. The van der Waals surface area contributed by atoms with Gasteiger partial charge in [-0.25, -0.2) is 9.97 Å². The molecule has 0 spiro atoms. The van der Waals surface area contributed by atoms with E-state index in [0.717, 1.165) is 72.5 Å². The standard InChI is InChI=1S/C58H36N4O/c1-5-25-51-46(21-1)47-22-2-6-26-52(47)61(51)44-19-11-16-40(33-44)37-13-9-14-38(31-37)42-29-30-55-50(35-42)57-58(63-55)56(59-36-60-57)43-18-10-15-39(32-43)41-17-12-20-45(34-41)62-53-27-7-3-23-48(53)49-24-4-8-28-54(49)62/h1-36H. The average molecular weight is 805 g/mol. The lowest BCUT2D eigenvalue weighted by molar-refractivity contribution is 0.667. The van der Waals surface area contributed by atoms with Crippen LogP contribution in [0.4, 0.5) is 0 Å². The second-order valence-electron chi connectivity index (χ2n) is 16.2. The number of para-hydroxylation sites is 4. The van der Waals surface area contributed by atoms with Crippen molar-refractivity contribution in [3.05, 3.63) is 219 Å². The number of fused-ring (bicyclic) bond motifs is 9. The topological polar surface area (TPSA) is 48.8 Å². The van der Waals surface area contributed by atoms with Gasteiger partial charge < -0.3 is 13.6 Å². The summed E-state index contributed by atoms with van der Waals surface area (Å²) >= 11 is 0. The molecule has 0 N–H and O–H groups in total. The Labute approximate surface area is 362 Å². The molecule has 0 amide bonds. The Hall–Kier alpha value is -8.54. The molecule has 0 bridgehead atoms. The molecule has 0 aliphatic rings. The van der Waals surface area contributed by atoms with E-state index in [4.69, 9.17) is 14.4 Å². The zero-order valence-electron chi connectivity index (χ0n) is 34.0. The van der Waals surface area contributed by atoms with Gasteiger partial charge in [0.2, 0.25) is 0 Å². The van der Waals surface area contributed by atoms with Crippen LogP contribution in [0.5, 0.6) is 0 Å². The zero-order chi connectivity index (χ0) is 41.4. The number of nitrogens with zero attached hydrogens (tertiary/aromatic N) is 4. The third-order valence-electron chi connectivity index (χ3n) is 12.6. The van der Waals surface area contributed by atoms with Crippen LogP contribution in [-0.2, 0) is 0 Å². The van der Waals surface area contributed by atoms with E-state index in [9.17, 15) is 0 Å². The molecule has 294 valence electrons. The zero-order valence-corrected chi connectivity index (χ0v) is 34.0. The highest BCUT2D eigenvalue weighted by Gasteiger charge is 2.18. The summed E-state index contributed by atoms with van der Waals surface area (Å²) in [6, 6.07) is 75.9. The van der Waals surface area contributed by atoms with E-state index >= 15 is 0 Å². The maximum Gasteiger partial charge on any atom is 0.180 e. The van der Waals surface area contributed by atoms with Crippen molar-refractivity contribution in [2.45, 2.75) is 0 Å². The maximum absolute atomic E-state index is 6.60. The number of furan rings is 1. The highest BCUT2D eigenvalue weighted by atomic mass is 16.3. The molecular weight excluding hydrogens is 769 g/mol. The molecule has 0 saturated heterocycles. The third kappa shape index (κ3) is 5.64. The Morgan fingerprint density at radius 1 is 0.317 bits per heavy atom. The van der Waals surface area contributed by atoms with Crippen molar-refractivity contribution in [2.24, 2.45) is 0 Å². The normalized spacial score (nSPS) is 11.8. The molecule has 0 fully saturated rings.